The van der Waals surface area contributed by atoms with Crippen molar-refractivity contribution in [1.29, 1.82) is 0 Å². The van der Waals surface area contributed by atoms with Crippen LogP contribution in [-0.2, 0) is 20.8 Å². The molecule has 0 aliphatic heterocycles. The lowest BCUT2D eigenvalue weighted by atomic mass is 10.1. The van der Waals surface area contributed by atoms with Gasteiger partial charge in [-0.3, -0.25) is 4.79 Å². The highest BCUT2D eigenvalue weighted by molar-refractivity contribution is 5.99. The van der Waals surface area contributed by atoms with Gasteiger partial charge >= 0.3 is 5.97 Å². The molecule has 0 fully saturated rings. The molecule has 1 aromatic rings. The van der Waals surface area contributed by atoms with Crippen molar-refractivity contribution >= 4 is 11.8 Å². The number of methoxy groups -OCH3 is 1. The Morgan fingerprint density at radius 1 is 1.40 bits per heavy atom. The van der Waals surface area contributed by atoms with E-state index >= 15 is 0 Å². The van der Waals surface area contributed by atoms with E-state index in [4.69, 9.17) is 14.6 Å². The van der Waals surface area contributed by atoms with Crippen LogP contribution in [0.2, 0.25) is 0 Å². The number of hydrogen-bond acceptors (Lipinski definition) is 5. The Bertz CT molecular complexity index is 490. The quantitative estimate of drug-likeness (QED) is 0.593. The van der Waals surface area contributed by atoms with E-state index in [0.29, 0.717) is 18.7 Å². The average molecular weight is 283 g/mol. The van der Waals surface area contributed by atoms with Gasteiger partial charge < -0.3 is 19.1 Å². The Balaban J connectivity index is 2.76. The third-order valence-corrected chi connectivity index (χ3v) is 3.08. The summed E-state index contributed by atoms with van der Waals surface area (Å²) in [7, 11) is 1.62. The lowest BCUT2D eigenvalue weighted by molar-refractivity contribution is -0.151. The SMILES string of the molecule is COCCn1c(C)cc(C(=O)COC(=O)[C@H](C)O)c1C. The number of hydrogen-bond donors (Lipinski definition) is 1. The molecule has 1 aromatic heterocycles. The van der Waals surface area contributed by atoms with Crippen LogP contribution in [-0.4, -0.2) is 47.9 Å². The molecule has 0 radical (unpaired) electrons. The summed E-state index contributed by atoms with van der Waals surface area (Å²) in [4.78, 5) is 23.2. The van der Waals surface area contributed by atoms with Crippen molar-refractivity contribution in [2.45, 2.75) is 33.4 Å². The molecule has 1 rings (SSSR count). The highest BCUT2D eigenvalue weighted by Gasteiger charge is 2.18. The summed E-state index contributed by atoms with van der Waals surface area (Å²) in [6.45, 7) is 5.89. The highest BCUT2D eigenvalue weighted by Crippen LogP contribution is 2.16. The van der Waals surface area contributed by atoms with E-state index in [1.165, 1.54) is 6.92 Å². The average Bonchev–Trinajstić information content (AvgIpc) is 2.68. The monoisotopic (exact) mass is 283 g/mol. The molecule has 6 heteroatoms. The van der Waals surface area contributed by atoms with Crippen molar-refractivity contribution in [3.05, 3.63) is 23.0 Å². The number of esters is 1. The Morgan fingerprint density at radius 2 is 2.05 bits per heavy atom. The number of carbonyl (C=O) groups excluding carboxylic acids is 2. The van der Waals surface area contributed by atoms with Gasteiger partial charge in [0, 0.05) is 30.6 Å². The second-order valence-corrected chi connectivity index (χ2v) is 4.64. The molecule has 0 amide bonds. The van der Waals surface area contributed by atoms with E-state index in [2.05, 4.69) is 0 Å². The second kappa shape index (κ2) is 7.21. The maximum absolute atomic E-state index is 12.0. The first-order valence-electron chi connectivity index (χ1n) is 6.42. The lowest BCUT2D eigenvalue weighted by Gasteiger charge is -2.09. The Morgan fingerprint density at radius 3 is 2.60 bits per heavy atom. The number of Topliss-reactive ketones (excluding diaryl/α,β-unsaturated/α-hetero) is 1. The first-order valence-corrected chi connectivity index (χ1v) is 6.42. The zero-order valence-corrected chi connectivity index (χ0v) is 12.3. The molecule has 0 unspecified atom stereocenters. The van der Waals surface area contributed by atoms with Crippen LogP contribution < -0.4 is 0 Å². The van der Waals surface area contributed by atoms with Crippen LogP contribution in [0.25, 0.3) is 0 Å². The van der Waals surface area contributed by atoms with Gasteiger partial charge in [-0.1, -0.05) is 0 Å². The molecule has 1 N–H and O–H groups in total. The molecule has 0 aliphatic rings. The van der Waals surface area contributed by atoms with Gasteiger partial charge in [0.1, 0.15) is 6.10 Å². The van der Waals surface area contributed by atoms with Gasteiger partial charge in [0.05, 0.1) is 6.61 Å². The zero-order chi connectivity index (χ0) is 15.3. The van der Waals surface area contributed by atoms with Crippen LogP contribution in [0, 0.1) is 13.8 Å². The number of ether oxygens (including phenoxy) is 2. The minimum absolute atomic E-state index is 0.282. The first kappa shape index (κ1) is 16.4. The molecule has 112 valence electrons. The Kier molecular flexibility index (Phi) is 5.91. The number of aromatic nitrogens is 1. The maximum Gasteiger partial charge on any atom is 0.335 e. The van der Waals surface area contributed by atoms with Crippen LogP contribution >= 0.6 is 0 Å². The Labute approximate surface area is 118 Å². The van der Waals surface area contributed by atoms with Gasteiger partial charge in [0.25, 0.3) is 0 Å². The van der Waals surface area contributed by atoms with Gasteiger partial charge in [-0.15, -0.1) is 0 Å². The minimum atomic E-state index is -1.23. The van der Waals surface area contributed by atoms with Gasteiger partial charge in [0.15, 0.2) is 6.61 Å². The van der Waals surface area contributed by atoms with E-state index in [9.17, 15) is 9.59 Å². The fourth-order valence-electron chi connectivity index (χ4n) is 1.95. The maximum atomic E-state index is 12.0. The van der Waals surface area contributed by atoms with Crippen molar-refractivity contribution in [3.63, 3.8) is 0 Å². The number of rotatable bonds is 7. The van der Waals surface area contributed by atoms with Crippen molar-refractivity contribution in [2.24, 2.45) is 0 Å². The van der Waals surface area contributed by atoms with Crippen LogP contribution in [0.15, 0.2) is 6.07 Å². The van der Waals surface area contributed by atoms with E-state index in [1.807, 2.05) is 18.4 Å². The van der Waals surface area contributed by atoms with E-state index < -0.39 is 12.1 Å². The van der Waals surface area contributed by atoms with Crippen molar-refractivity contribution < 1.29 is 24.2 Å². The van der Waals surface area contributed by atoms with Crippen LogP contribution in [0.3, 0.4) is 0 Å². The van der Waals surface area contributed by atoms with Crippen LogP contribution in [0.4, 0.5) is 0 Å². The zero-order valence-electron chi connectivity index (χ0n) is 12.3. The molecule has 0 bridgehead atoms. The highest BCUT2D eigenvalue weighted by atomic mass is 16.5. The summed E-state index contributed by atoms with van der Waals surface area (Å²) in [6.07, 6.45) is -1.23. The smallest absolute Gasteiger partial charge is 0.335 e. The first-order chi connectivity index (χ1) is 9.38. The third-order valence-electron chi connectivity index (χ3n) is 3.08. The fourth-order valence-corrected chi connectivity index (χ4v) is 1.95. The van der Waals surface area contributed by atoms with Crippen molar-refractivity contribution in [1.82, 2.24) is 4.57 Å². The van der Waals surface area contributed by atoms with Gasteiger partial charge in [-0.25, -0.2) is 4.79 Å². The van der Waals surface area contributed by atoms with E-state index in [0.717, 1.165) is 11.4 Å². The van der Waals surface area contributed by atoms with E-state index in [-0.39, 0.29) is 12.4 Å². The summed E-state index contributed by atoms with van der Waals surface area (Å²) in [5.74, 6) is -1.08. The second-order valence-electron chi connectivity index (χ2n) is 4.64. The third kappa shape index (κ3) is 3.91. The molecule has 0 saturated heterocycles. The molecule has 1 heterocycles. The van der Waals surface area contributed by atoms with Crippen molar-refractivity contribution in [2.75, 3.05) is 20.3 Å². The fraction of sp³-hybridized carbons (Fsp3) is 0.571. The molecule has 0 aromatic carbocycles. The van der Waals surface area contributed by atoms with E-state index in [1.54, 1.807) is 13.2 Å². The summed E-state index contributed by atoms with van der Waals surface area (Å²) in [5, 5.41) is 9.00. The molecule has 20 heavy (non-hydrogen) atoms. The van der Waals surface area contributed by atoms with Gasteiger partial charge in [-0.2, -0.15) is 0 Å². The summed E-state index contributed by atoms with van der Waals surface area (Å²) >= 11 is 0. The summed E-state index contributed by atoms with van der Waals surface area (Å²) in [5.41, 5.74) is 2.29. The van der Waals surface area contributed by atoms with Crippen LogP contribution in [0.1, 0.15) is 28.7 Å². The summed E-state index contributed by atoms with van der Waals surface area (Å²) < 4.78 is 11.7. The summed E-state index contributed by atoms with van der Waals surface area (Å²) in [6, 6.07) is 1.77. The predicted molar refractivity (Wildman–Crippen MR) is 72.8 cm³/mol. The van der Waals surface area contributed by atoms with Gasteiger partial charge in [-0.05, 0) is 26.8 Å². The van der Waals surface area contributed by atoms with Crippen LogP contribution in [0.5, 0.6) is 0 Å². The Hall–Kier alpha value is -1.66. The lowest BCUT2D eigenvalue weighted by Crippen LogP contribution is -2.23. The standard InChI is InChI=1S/C14H21NO5/c1-9-7-12(10(2)15(9)5-6-19-4)13(17)8-20-14(18)11(3)16/h7,11,16H,5-6,8H2,1-4H3/t11-/m0/s1. The predicted octanol–water partition coefficient (Wildman–Crippen LogP) is 0.858. The molecule has 6 nitrogen and oxygen atoms in total. The molecule has 1 atom stereocenters. The molecule has 0 spiro atoms. The molecular formula is C14H21NO5. The number of nitrogens with zero attached hydrogens (tertiary/aromatic N) is 1. The van der Waals surface area contributed by atoms with Crippen molar-refractivity contribution in [3.8, 4) is 0 Å². The number of ketones is 1. The largest absolute Gasteiger partial charge is 0.455 e. The van der Waals surface area contributed by atoms with Gasteiger partial charge in [0.2, 0.25) is 5.78 Å². The normalized spacial score (nSPS) is 12.2. The molecule has 0 saturated carbocycles. The number of aliphatic hydroxyl groups is 1. The number of carbonyl (C=O) groups is 2. The topological polar surface area (TPSA) is 77.8 Å². The molecule has 0 aliphatic carbocycles. The number of aryl methyl sites for hydroxylation is 1. The molecular weight excluding hydrogens is 262 g/mol. The number of aliphatic hydroxyl groups excluding tert-OH is 1. The minimum Gasteiger partial charge on any atom is -0.455 e.